The van der Waals surface area contributed by atoms with Crippen molar-refractivity contribution < 1.29 is 9.53 Å². The summed E-state index contributed by atoms with van der Waals surface area (Å²) in [5.41, 5.74) is 1.67. The lowest BCUT2D eigenvalue weighted by Gasteiger charge is -2.10. The van der Waals surface area contributed by atoms with E-state index in [9.17, 15) is 4.79 Å². The van der Waals surface area contributed by atoms with Crippen LogP contribution in [0.1, 0.15) is 29.3 Å². The summed E-state index contributed by atoms with van der Waals surface area (Å²) in [5.74, 6) is 0.350. The second-order valence-electron chi connectivity index (χ2n) is 5.27. The first-order chi connectivity index (χ1) is 10.8. The lowest BCUT2D eigenvalue weighted by molar-refractivity contribution is 0.0735. The number of rotatable bonds is 4. The van der Waals surface area contributed by atoms with E-state index in [4.69, 9.17) is 4.74 Å². The number of aryl methyl sites for hydroxylation is 1. The molecule has 0 saturated heterocycles. The van der Waals surface area contributed by atoms with Crippen LogP contribution < -0.4 is 4.74 Å². The van der Waals surface area contributed by atoms with Crippen LogP contribution in [0.2, 0.25) is 0 Å². The minimum atomic E-state index is -0.305. The highest BCUT2D eigenvalue weighted by Crippen LogP contribution is 2.23. The summed E-state index contributed by atoms with van der Waals surface area (Å²) in [6.45, 7) is 2.11. The highest BCUT2D eigenvalue weighted by Gasteiger charge is 2.13. The van der Waals surface area contributed by atoms with Crippen LogP contribution >= 0.6 is 0 Å². The van der Waals surface area contributed by atoms with Gasteiger partial charge in [0, 0.05) is 0 Å². The fourth-order valence-electron chi connectivity index (χ4n) is 2.64. The minimum Gasteiger partial charge on any atom is -0.423 e. The minimum absolute atomic E-state index is 0.305. The molecule has 0 aromatic heterocycles. The summed E-state index contributed by atoms with van der Waals surface area (Å²) in [4.78, 5) is 12.6. The third-order valence-corrected chi connectivity index (χ3v) is 3.70. The fraction of sp³-hybridized carbons (Fsp3) is 0.150. The second kappa shape index (κ2) is 6.44. The molecule has 22 heavy (non-hydrogen) atoms. The van der Waals surface area contributed by atoms with Gasteiger partial charge in [-0.3, -0.25) is 0 Å². The number of esters is 1. The van der Waals surface area contributed by atoms with Crippen LogP contribution in [-0.2, 0) is 6.42 Å². The number of hydrogen-bond acceptors (Lipinski definition) is 2. The smallest absolute Gasteiger partial charge is 0.344 e. The Morgan fingerprint density at radius 3 is 2.50 bits per heavy atom. The highest BCUT2D eigenvalue weighted by molar-refractivity contribution is 6.05. The largest absolute Gasteiger partial charge is 0.423 e. The molecule has 0 aliphatic carbocycles. The SMILES string of the molecule is CCCc1ccccc1OC(=O)c1cccc2ccccc12. The zero-order chi connectivity index (χ0) is 15.4. The average molecular weight is 290 g/mol. The molecule has 2 nitrogen and oxygen atoms in total. The lowest BCUT2D eigenvalue weighted by Crippen LogP contribution is -2.10. The van der Waals surface area contributed by atoms with E-state index < -0.39 is 0 Å². The van der Waals surface area contributed by atoms with Crippen LogP contribution in [-0.4, -0.2) is 5.97 Å². The fourth-order valence-corrected chi connectivity index (χ4v) is 2.64. The van der Waals surface area contributed by atoms with Crippen LogP contribution in [0.3, 0.4) is 0 Å². The van der Waals surface area contributed by atoms with Crippen molar-refractivity contribution in [3.8, 4) is 5.75 Å². The van der Waals surface area contributed by atoms with Crippen LogP contribution in [0.5, 0.6) is 5.75 Å². The van der Waals surface area contributed by atoms with Gasteiger partial charge in [-0.1, -0.05) is 67.9 Å². The molecule has 0 aliphatic rings. The Hall–Kier alpha value is -2.61. The van der Waals surface area contributed by atoms with Gasteiger partial charge >= 0.3 is 5.97 Å². The Morgan fingerprint density at radius 2 is 1.64 bits per heavy atom. The van der Waals surface area contributed by atoms with Crippen molar-refractivity contribution in [1.82, 2.24) is 0 Å². The molecule has 0 aliphatic heterocycles. The summed E-state index contributed by atoms with van der Waals surface area (Å²) in [6.07, 6.45) is 1.92. The molecular formula is C20H18O2. The van der Waals surface area contributed by atoms with Crippen LogP contribution in [0.15, 0.2) is 66.7 Å². The summed E-state index contributed by atoms with van der Waals surface area (Å²) in [6, 6.07) is 21.3. The number of ether oxygens (including phenoxy) is 1. The van der Waals surface area contributed by atoms with Crippen LogP contribution in [0, 0.1) is 0 Å². The molecule has 0 fully saturated rings. The second-order valence-corrected chi connectivity index (χ2v) is 5.27. The quantitative estimate of drug-likeness (QED) is 0.498. The molecule has 0 spiro atoms. The summed E-state index contributed by atoms with van der Waals surface area (Å²) in [5, 5.41) is 1.96. The lowest BCUT2D eigenvalue weighted by atomic mass is 10.0. The van der Waals surface area contributed by atoms with E-state index in [1.807, 2.05) is 66.7 Å². The van der Waals surface area contributed by atoms with Crippen LogP contribution in [0.4, 0.5) is 0 Å². The van der Waals surface area contributed by atoms with Crippen molar-refractivity contribution in [3.05, 3.63) is 77.9 Å². The maximum absolute atomic E-state index is 12.6. The van der Waals surface area contributed by atoms with Gasteiger partial charge in [0.15, 0.2) is 0 Å². The van der Waals surface area contributed by atoms with E-state index in [0.717, 1.165) is 29.2 Å². The molecule has 3 aromatic carbocycles. The molecule has 0 unspecified atom stereocenters. The van der Waals surface area contributed by atoms with Gasteiger partial charge in [-0.25, -0.2) is 4.79 Å². The van der Waals surface area contributed by atoms with Crippen molar-refractivity contribution in [1.29, 1.82) is 0 Å². The summed E-state index contributed by atoms with van der Waals surface area (Å²) >= 11 is 0. The van der Waals surface area contributed by atoms with Gasteiger partial charge in [-0.05, 0) is 34.9 Å². The van der Waals surface area contributed by atoms with Gasteiger partial charge in [-0.2, -0.15) is 0 Å². The molecule has 110 valence electrons. The summed E-state index contributed by atoms with van der Waals surface area (Å²) < 4.78 is 5.65. The van der Waals surface area contributed by atoms with Crippen molar-refractivity contribution in [2.24, 2.45) is 0 Å². The van der Waals surface area contributed by atoms with E-state index in [1.165, 1.54) is 0 Å². The molecule has 0 saturated carbocycles. The number of benzene rings is 3. The first-order valence-electron chi connectivity index (χ1n) is 7.57. The van der Waals surface area contributed by atoms with Crippen molar-refractivity contribution in [2.45, 2.75) is 19.8 Å². The van der Waals surface area contributed by atoms with Crippen molar-refractivity contribution in [3.63, 3.8) is 0 Å². The normalized spacial score (nSPS) is 10.6. The van der Waals surface area contributed by atoms with Gasteiger partial charge in [0.1, 0.15) is 5.75 Å². The molecule has 0 amide bonds. The van der Waals surface area contributed by atoms with Crippen molar-refractivity contribution in [2.75, 3.05) is 0 Å². The van der Waals surface area contributed by atoms with E-state index in [1.54, 1.807) is 0 Å². The third-order valence-electron chi connectivity index (χ3n) is 3.70. The number of carbonyl (C=O) groups excluding carboxylic acids is 1. The van der Waals surface area contributed by atoms with Gasteiger partial charge in [-0.15, -0.1) is 0 Å². The predicted molar refractivity (Wildman–Crippen MR) is 89.3 cm³/mol. The molecule has 3 rings (SSSR count). The zero-order valence-corrected chi connectivity index (χ0v) is 12.6. The predicted octanol–water partition coefficient (Wildman–Crippen LogP) is 5.01. The Kier molecular flexibility index (Phi) is 4.19. The van der Waals surface area contributed by atoms with E-state index in [2.05, 4.69) is 6.92 Å². The van der Waals surface area contributed by atoms with E-state index in [-0.39, 0.29) is 5.97 Å². The summed E-state index contributed by atoms with van der Waals surface area (Å²) in [7, 11) is 0. The van der Waals surface area contributed by atoms with E-state index in [0.29, 0.717) is 11.3 Å². The van der Waals surface area contributed by atoms with E-state index >= 15 is 0 Å². The molecule has 0 bridgehead atoms. The van der Waals surface area contributed by atoms with Gasteiger partial charge in [0.2, 0.25) is 0 Å². The molecular weight excluding hydrogens is 272 g/mol. The highest BCUT2D eigenvalue weighted by atomic mass is 16.5. The van der Waals surface area contributed by atoms with Crippen LogP contribution in [0.25, 0.3) is 10.8 Å². The zero-order valence-electron chi connectivity index (χ0n) is 12.6. The molecule has 3 aromatic rings. The average Bonchev–Trinajstić information content (AvgIpc) is 2.56. The third kappa shape index (κ3) is 2.86. The first-order valence-corrected chi connectivity index (χ1v) is 7.57. The monoisotopic (exact) mass is 290 g/mol. The Labute approximate surface area is 130 Å². The Bertz CT molecular complexity index is 800. The maximum Gasteiger partial charge on any atom is 0.344 e. The molecule has 0 heterocycles. The number of carbonyl (C=O) groups is 1. The standard InChI is InChI=1S/C20H18O2/c1-2-8-16-10-4-6-14-19(16)22-20(21)18-13-7-11-15-9-3-5-12-17(15)18/h3-7,9-14H,2,8H2,1H3. The van der Waals surface area contributed by atoms with Crippen molar-refractivity contribution >= 4 is 16.7 Å². The number of hydrogen-bond donors (Lipinski definition) is 0. The van der Waals surface area contributed by atoms with Gasteiger partial charge < -0.3 is 4.74 Å². The molecule has 2 heteroatoms. The Morgan fingerprint density at radius 1 is 0.909 bits per heavy atom. The molecule has 0 N–H and O–H groups in total. The van der Waals surface area contributed by atoms with Gasteiger partial charge in [0.05, 0.1) is 5.56 Å². The Balaban J connectivity index is 1.94. The topological polar surface area (TPSA) is 26.3 Å². The molecule has 0 atom stereocenters. The van der Waals surface area contributed by atoms with Gasteiger partial charge in [0.25, 0.3) is 0 Å². The molecule has 0 radical (unpaired) electrons. The number of para-hydroxylation sites is 1. The first kappa shape index (κ1) is 14.3. The number of fused-ring (bicyclic) bond motifs is 1. The maximum atomic E-state index is 12.6.